The summed E-state index contributed by atoms with van der Waals surface area (Å²) >= 11 is 0. The Kier molecular flexibility index (Phi) is 26.6. The molecule has 0 amide bonds. The van der Waals surface area contributed by atoms with Gasteiger partial charge in [0, 0.05) is 105 Å². The Morgan fingerprint density at radius 1 is 0.312 bits per heavy atom. The molecule has 0 atom stereocenters. The molecule has 0 saturated carbocycles. The minimum Gasteiger partial charge on any atom is -0.328 e. The summed E-state index contributed by atoms with van der Waals surface area (Å²) < 4.78 is 2.40. The van der Waals surface area contributed by atoms with Crippen molar-refractivity contribution in [3.63, 3.8) is 0 Å². The molecular formula is C38H86N10+2. The minimum absolute atomic E-state index is 1.07. The van der Waals surface area contributed by atoms with Gasteiger partial charge in [0.05, 0.1) is 54.4 Å². The van der Waals surface area contributed by atoms with E-state index >= 15 is 0 Å². The normalized spacial score (nSPS) is 20.0. The lowest BCUT2D eigenvalue weighted by molar-refractivity contribution is -0.891. The Balaban J connectivity index is 1.42. The minimum atomic E-state index is 1.07. The second kappa shape index (κ2) is 29.2. The fourth-order valence-corrected chi connectivity index (χ4v) is 7.19. The van der Waals surface area contributed by atoms with E-state index in [9.17, 15) is 0 Å². The van der Waals surface area contributed by atoms with Crippen LogP contribution in [0.15, 0.2) is 0 Å². The van der Waals surface area contributed by atoms with Crippen LogP contribution < -0.4 is 31.9 Å². The zero-order chi connectivity index (χ0) is 34.4. The van der Waals surface area contributed by atoms with Gasteiger partial charge in [-0.1, -0.05) is 12.8 Å². The lowest BCUT2D eigenvalue weighted by Gasteiger charge is -2.31. The highest BCUT2D eigenvalue weighted by molar-refractivity contribution is 4.67. The molecule has 2 fully saturated rings. The quantitative estimate of drug-likeness (QED) is 0.0812. The maximum absolute atomic E-state index is 3.59. The third-order valence-electron chi connectivity index (χ3n) is 10.6. The molecule has 10 nitrogen and oxygen atoms in total. The van der Waals surface area contributed by atoms with Crippen LogP contribution in [0.5, 0.6) is 0 Å². The van der Waals surface area contributed by atoms with Gasteiger partial charge in [0.25, 0.3) is 0 Å². The van der Waals surface area contributed by atoms with Gasteiger partial charge in [0.15, 0.2) is 0 Å². The second-order valence-corrected chi connectivity index (χ2v) is 16.2. The maximum Gasteiger partial charge on any atom is 0.0782 e. The van der Waals surface area contributed by atoms with Crippen molar-refractivity contribution < 1.29 is 8.97 Å². The van der Waals surface area contributed by atoms with Crippen molar-refractivity contribution in [2.45, 2.75) is 77.0 Å². The molecule has 6 N–H and O–H groups in total. The van der Waals surface area contributed by atoms with Crippen LogP contribution in [-0.2, 0) is 0 Å². The van der Waals surface area contributed by atoms with Crippen LogP contribution in [-0.4, -0.2) is 191 Å². The summed E-state index contributed by atoms with van der Waals surface area (Å²) in [6.07, 6.45) is 16.5. The van der Waals surface area contributed by atoms with E-state index in [1.807, 2.05) is 0 Å². The maximum atomic E-state index is 3.59. The fraction of sp³-hybridized carbons (Fsp3) is 1.00. The first-order valence-corrected chi connectivity index (χ1v) is 20.7. The van der Waals surface area contributed by atoms with Gasteiger partial charge in [0.2, 0.25) is 0 Å². The molecule has 2 rings (SSSR count). The fourth-order valence-electron chi connectivity index (χ4n) is 7.19. The van der Waals surface area contributed by atoms with Crippen molar-refractivity contribution in [1.82, 2.24) is 41.7 Å². The number of rotatable bonds is 21. The Morgan fingerprint density at radius 3 is 0.812 bits per heavy atom. The predicted octanol–water partition coefficient (Wildman–Crippen LogP) is 1.99. The van der Waals surface area contributed by atoms with Gasteiger partial charge in [-0.2, -0.15) is 0 Å². The molecule has 0 aromatic carbocycles. The molecule has 2 aliphatic heterocycles. The summed E-state index contributed by atoms with van der Waals surface area (Å²) in [6.45, 7) is 25.6. The van der Waals surface area contributed by atoms with Crippen LogP contribution in [0.3, 0.4) is 0 Å². The lowest BCUT2D eigenvalue weighted by Crippen LogP contribution is -2.42. The van der Waals surface area contributed by atoms with E-state index in [2.05, 4.69) is 69.9 Å². The van der Waals surface area contributed by atoms with Crippen molar-refractivity contribution in [2.24, 2.45) is 0 Å². The second-order valence-electron chi connectivity index (χ2n) is 16.2. The summed E-state index contributed by atoms with van der Waals surface area (Å²) in [5.41, 5.74) is 0. The van der Waals surface area contributed by atoms with E-state index in [-0.39, 0.29) is 0 Å². The standard InChI is InChI=1S/C38H86N10/c1-47(2,35-13-7-5-11-29-45-31-25-41-21-17-39-18-22-42-26-32-45)37-15-9-10-16-38-48(3,4)36-14-8-6-12-30-46-33-27-43-23-19-40-20-24-44-28-34-46/h39-44H,5-38H2,1-4H3/q+2. The van der Waals surface area contributed by atoms with E-state index in [0.29, 0.717) is 0 Å². The number of nitrogens with zero attached hydrogens (tertiary/aromatic N) is 4. The van der Waals surface area contributed by atoms with Crippen molar-refractivity contribution in [3.05, 3.63) is 0 Å². The van der Waals surface area contributed by atoms with Gasteiger partial charge >= 0.3 is 0 Å². The summed E-state index contributed by atoms with van der Waals surface area (Å²) in [4.78, 5) is 5.32. The van der Waals surface area contributed by atoms with Crippen molar-refractivity contribution in [1.29, 1.82) is 0 Å². The first-order valence-electron chi connectivity index (χ1n) is 20.7. The van der Waals surface area contributed by atoms with E-state index in [1.54, 1.807) is 0 Å². The SMILES string of the molecule is C[N+](C)(CCCCCCN1CCNCCNCCNCC1)CCCCCC[N+](C)(C)CCCCCCN1CCNCCNCCNCC1. The van der Waals surface area contributed by atoms with Crippen molar-refractivity contribution in [3.8, 4) is 0 Å². The van der Waals surface area contributed by atoms with E-state index in [4.69, 9.17) is 0 Å². The number of hydrogen-bond acceptors (Lipinski definition) is 8. The molecule has 0 radical (unpaired) electrons. The monoisotopic (exact) mass is 683 g/mol. The molecule has 10 heteroatoms. The molecule has 2 heterocycles. The van der Waals surface area contributed by atoms with Crippen LogP contribution in [0, 0.1) is 0 Å². The Bertz CT molecular complexity index is 625. The van der Waals surface area contributed by atoms with Gasteiger partial charge in [-0.05, 0) is 77.3 Å². The first-order chi connectivity index (χ1) is 23.4. The molecule has 0 aromatic heterocycles. The topological polar surface area (TPSA) is 78.7 Å². The Labute approximate surface area is 299 Å². The van der Waals surface area contributed by atoms with E-state index in [0.717, 1.165) is 78.5 Å². The lowest BCUT2D eigenvalue weighted by atomic mass is 10.1. The van der Waals surface area contributed by atoms with Crippen LogP contribution in [0.25, 0.3) is 0 Å². The number of unbranched alkanes of at least 4 members (excludes halogenated alkanes) is 9. The van der Waals surface area contributed by atoms with Gasteiger partial charge in [-0.15, -0.1) is 0 Å². The smallest absolute Gasteiger partial charge is 0.0782 e. The molecule has 0 unspecified atom stereocenters. The largest absolute Gasteiger partial charge is 0.328 e. The average Bonchev–Trinajstić information content (AvgIpc) is 3.04. The van der Waals surface area contributed by atoms with Crippen LogP contribution in [0.2, 0.25) is 0 Å². The van der Waals surface area contributed by atoms with Crippen LogP contribution in [0.1, 0.15) is 77.0 Å². The highest BCUT2D eigenvalue weighted by atomic mass is 15.3. The molecule has 2 saturated heterocycles. The molecular weight excluding hydrogens is 596 g/mol. The van der Waals surface area contributed by atoms with Gasteiger partial charge < -0.3 is 50.7 Å². The summed E-state index contributed by atoms with van der Waals surface area (Å²) in [6, 6.07) is 0. The zero-order valence-electron chi connectivity index (χ0n) is 32.8. The highest BCUT2D eigenvalue weighted by Crippen LogP contribution is 2.12. The van der Waals surface area contributed by atoms with Gasteiger partial charge in [-0.25, -0.2) is 0 Å². The molecule has 0 bridgehead atoms. The van der Waals surface area contributed by atoms with Gasteiger partial charge in [0.1, 0.15) is 0 Å². The summed E-state index contributed by atoms with van der Waals surface area (Å²) in [5, 5.41) is 21.3. The number of quaternary nitrogens is 2. The van der Waals surface area contributed by atoms with E-state index < -0.39 is 0 Å². The molecule has 0 aromatic rings. The highest BCUT2D eigenvalue weighted by Gasteiger charge is 2.16. The molecule has 286 valence electrons. The summed E-state index contributed by atoms with van der Waals surface area (Å²) in [5.74, 6) is 0. The molecule has 0 spiro atoms. The molecule has 48 heavy (non-hydrogen) atoms. The number of nitrogens with one attached hydrogen (secondary N) is 6. The van der Waals surface area contributed by atoms with Crippen molar-refractivity contribution >= 4 is 0 Å². The van der Waals surface area contributed by atoms with Crippen molar-refractivity contribution in [2.75, 3.05) is 172 Å². The van der Waals surface area contributed by atoms with Crippen LogP contribution >= 0.6 is 0 Å². The summed E-state index contributed by atoms with van der Waals surface area (Å²) in [7, 11) is 9.83. The Morgan fingerprint density at radius 2 is 0.542 bits per heavy atom. The average molecular weight is 683 g/mol. The van der Waals surface area contributed by atoms with Gasteiger partial charge in [-0.3, -0.25) is 0 Å². The number of hydrogen-bond donors (Lipinski definition) is 6. The Hall–Kier alpha value is -0.400. The van der Waals surface area contributed by atoms with Crippen LogP contribution in [0.4, 0.5) is 0 Å². The third kappa shape index (κ3) is 26.4. The predicted molar refractivity (Wildman–Crippen MR) is 209 cm³/mol. The third-order valence-corrected chi connectivity index (χ3v) is 10.6. The zero-order valence-corrected chi connectivity index (χ0v) is 32.8. The first kappa shape index (κ1) is 43.8. The molecule has 0 aliphatic carbocycles. The molecule has 2 aliphatic rings. The van der Waals surface area contributed by atoms with E-state index in [1.165, 1.54) is 151 Å².